The SMILES string of the molecule is COc1ccc(CC(C)NCC(O)C(F)F)cc1OC. The van der Waals surface area contributed by atoms with Gasteiger partial charge in [-0.25, -0.2) is 8.78 Å². The van der Waals surface area contributed by atoms with Crippen molar-refractivity contribution in [2.75, 3.05) is 20.8 Å². The Morgan fingerprint density at radius 2 is 1.85 bits per heavy atom. The summed E-state index contributed by atoms with van der Waals surface area (Å²) >= 11 is 0. The van der Waals surface area contributed by atoms with E-state index in [4.69, 9.17) is 14.6 Å². The second kappa shape index (κ2) is 8.01. The molecule has 0 fully saturated rings. The van der Waals surface area contributed by atoms with Gasteiger partial charge in [0, 0.05) is 12.6 Å². The van der Waals surface area contributed by atoms with Crippen LogP contribution in [0.3, 0.4) is 0 Å². The maximum atomic E-state index is 12.2. The lowest BCUT2D eigenvalue weighted by Crippen LogP contribution is -2.38. The minimum absolute atomic E-state index is 0.0403. The quantitative estimate of drug-likeness (QED) is 0.767. The molecule has 0 aliphatic rings. The van der Waals surface area contributed by atoms with Crippen molar-refractivity contribution in [2.45, 2.75) is 31.9 Å². The van der Waals surface area contributed by atoms with Crippen LogP contribution >= 0.6 is 0 Å². The second-order valence-corrected chi connectivity index (χ2v) is 4.60. The monoisotopic (exact) mass is 289 g/mol. The summed E-state index contributed by atoms with van der Waals surface area (Å²) in [5.74, 6) is 1.27. The van der Waals surface area contributed by atoms with Gasteiger partial charge in [-0.1, -0.05) is 6.07 Å². The summed E-state index contributed by atoms with van der Waals surface area (Å²) in [4.78, 5) is 0. The molecule has 1 aromatic rings. The van der Waals surface area contributed by atoms with Crippen molar-refractivity contribution in [2.24, 2.45) is 0 Å². The smallest absolute Gasteiger partial charge is 0.265 e. The first-order valence-corrected chi connectivity index (χ1v) is 6.38. The summed E-state index contributed by atoms with van der Waals surface area (Å²) in [6.07, 6.45) is -3.73. The number of aliphatic hydroxyl groups is 1. The Morgan fingerprint density at radius 1 is 1.20 bits per heavy atom. The zero-order chi connectivity index (χ0) is 15.1. The highest BCUT2D eigenvalue weighted by Gasteiger charge is 2.17. The van der Waals surface area contributed by atoms with Crippen molar-refractivity contribution < 1.29 is 23.4 Å². The maximum absolute atomic E-state index is 12.2. The zero-order valence-electron chi connectivity index (χ0n) is 11.9. The molecular formula is C14H21F2NO3. The van der Waals surface area contributed by atoms with Crippen molar-refractivity contribution in [3.8, 4) is 11.5 Å². The number of nitrogens with one attached hydrogen (secondary N) is 1. The summed E-state index contributed by atoms with van der Waals surface area (Å²) in [5, 5.41) is 11.9. The highest BCUT2D eigenvalue weighted by atomic mass is 19.3. The van der Waals surface area contributed by atoms with Crippen LogP contribution in [0.15, 0.2) is 18.2 Å². The van der Waals surface area contributed by atoms with Crippen molar-refractivity contribution in [1.82, 2.24) is 5.32 Å². The molecular weight excluding hydrogens is 268 g/mol. The van der Waals surface area contributed by atoms with Crippen LogP contribution in [0.2, 0.25) is 0 Å². The normalized spacial score (nSPS) is 14.2. The van der Waals surface area contributed by atoms with Crippen LogP contribution in [0, 0.1) is 0 Å². The molecule has 6 heteroatoms. The topological polar surface area (TPSA) is 50.7 Å². The van der Waals surface area contributed by atoms with Gasteiger partial charge in [-0.15, -0.1) is 0 Å². The second-order valence-electron chi connectivity index (χ2n) is 4.60. The van der Waals surface area contributed by atoms with Crippen LogP contribution in [0.5, 0.6) is 11.5 Å². The van der Waals surface area contributed by atoms with E-state index < -0.39 is 12.5 Å². The molecule has 2 unspecified atom stereocenters. The number of halogens is 2. The molecule has 2 atom stereocenters. The predicted molar refractivity (Wildman–Crippen MR) is 72.7 cm³/mol. The Hall–Kier alpha value is -1.40. The van der Waals surface area contributed by atoms with Gasteiger partial charge >= 0.3 is 0 Å². The van der Waals surface area contributed by atoms with Crippen molar-refractivity contribution >= 4 is 0 Å². The van der Waals surface area contributed by atoms with Crippen LogP contribution < -0.4 is 14.8 Å². The van der Waals surface area contributed by atoms with E-state index in [0.29, 0.717) is 17.9 Å². The van der Waals surface area contributed by atoms with Gasteiger partial charge in [0.15, 0.2) is 11.5 Å². The Kier molecular flexibility index (Phi) is 6.67. The molecule has 2 N–H and O–H groups in total. The molecule has 0 spiro atoms. The predicted octanol–water partition coefficient (Wildman–Crippen LogP) is 1.85. The molecule has 0 amide bonds. The van der Waals surface area contributed by atoms with E-state index in [2.05, 4.69) is 5.32 Å². The highest BCUT2D eigenvalue weighted by molar-refractivity contribution is 5.43. The Bertz CT molecular complexity index is 415. The first kappa shape index (κ1) is 16.7. The average molecular weight is 289 g/mol. The number of hydrogen-bond donors (Lipinski definition) is 2. The molecule has 0 saturated heterocycles. The molecule has 0 heterocycles. The molecule has 1 aromatic carbocycles. The first-order chi connectivity index (χ1) is 9.47. The molecule has 0 bridgehead atoms. The fraction of sp³-hybridized carbons (Fsp3) is 0.571. The van der Waals surface area contributed by atoms with Crippen LogP contribution in [0.25, 0.3) is 0 Å². The first-order valence-electron chi connectivity index (χ1n) is 6.38. The number of ether oxygens (including phenoxy) is 2. The largest absolute Gasteiger partial charge is 0.493 e. The van der Waals surface area contributed by atoms with E-state index in [1.54, 1.807) is 20.3 Å². The van der Waals surface area contributed by atoms with Crippen LogP contribution in [-0.2, 0) is 6.42 Å². The third kappa shape index (κ3) is 4.94. The van der Waals surface area contributed by atoms with Gasteiger partial charge in [-0.05, 0) is 31.0 Å². The third-order valence-corrected chi connectivity index (χ3v) is 2.96. The minimum atomic E-state index is -2.73. The highest BCUT2D eigenvalue weighted by Crippen LogP contribution is 2.27. The van der Waals surface area contributed by atoms with Gasteiger partial charge < -0.3 is 19.9 Å². The number of rotatable bonds is 8. The summed E-state index contributed by atoms with van der Waals surface area (Å²) < 4.78 is 34.7. The minimum Gasteiger partial charge on any atom is -0.493 e. The Labute approximate surface area is 117 Å². The number of alkyl halides is 2. The van der Waals surface area contributed by atoms with Gasteiger partial charge in [-0.2, -0.15) is 0 Å². The molecule has 4 nitrogen and oxygen atoms in total. The molecule has 0 aromatic heterocycles. The van der Waals surface area contributed by atoms with Crippen LogP contribution in [0.1, 0.15) is 12.5 Å². The van der Waals surface area contributed by atoms with Gasteiger partial charge in [0.2, 0.25) is 0 Å². The third-order valence-electron chi connectivity index (χ3n) is 2.96. The van der Waals surface area contributed by atoms with Crippen LogP contribution in [-0.4, -0.2) is 44.4 Å². The fourth-order valence-electron chi connectivity index (χ4n) is 1.84. The summed E-state index contributed by atoms with van der Waals surface area (Å²) in [6, 6.07) is 5.50. The van der Waals surface area contributed by atoms with Crippen molar-refractivity contribution in [3.63, 3.8) is 0 Å². The van der Waals surface area contributed by atoms with Crippen LogP contribution in [0.4, 0.5) is 8.78 Å². The number of benzene rings is 1. The molecule has 0 saturated carbocycles. The standard InChI is InChI=1S/C14H21F2NO3/c1-9(17-8-11(18)14(15)16)6-10-4-5-12(19-2)13(7-10)20-3/h4-5,7,9,11,14,17-18H,6,8H2,1-3H3. The van der Waals surface area contributed by atoms with Gasteiger partial charge in [0.1, 0.15) is 6.10 Å². The average Bonchev–Trinajstić information content (AvgIpc) is 2.44. The summed E-state index contributed by atoms with van der Waals surface area (Å²) in [7, 11) is 3.12. The van der Waals surface area contributed by atoms with Crippen molar-refractivity contribution in [1.29, 1.82) is 0 Å². The molecule has 0 aliphatic heterocycles. The Morgan fingerprint density at radius 3 is 2.40 bits per heavy atom. The molecule has 20 heavy (non-hydrogen) atoms. The molecule has 0 radical (unpaired) electrons. The summed E-state index contributed by atoms with van der Waals surface area (Å²) in [5.41, 5.74) is 0.995. The van der Waals surface area contributed by atoms with Crippen molar-refractivity contribution in [3.05, 3.63) is 23.8 Å². The van der Waals surface area contributed by atoms with E-state index in [1.165, 1.54) is 0 Å². The van der Waals surface area contributed by atoms with Gasteiger partial charge in [0.05, 0.1) is 14.2 Å². The number of methoxy groups -OCH3 is 2. The van der Waals surface area contributed by atoms with Gasteiger partial charge in [0.25, 0.3) is 6.43 Å². The summed E-state index contributed by atoms with van der Waals surface area (Å²) in [6.45, 7) is 1.74. The lowest BCUT2D eigenvalue weighted by atomic mass is 10.1. The van der Waals surface area contributed by atoms with E-state index in [-0.39, 0.29) is 12.6 Å². The van der Waals surface area contributed by atoms with E-state index >= 15 is 0 Å². The Balaban J connectivity index is 2.55. The molecule has 1 rings (SSSR count). The number of hydrogen-bond acceptors (Lipinski definition) is 4. The maximum Gasteiger partial charge on any atom is 0.265 e. The van der Waals surface area contributed by atoms with E-state index in [1.807, 2.05) is 19.1 Å². The lowest BCUT2D eigenvalue weighted by molar-refractivity contribution is -0.00434. The fourth-order valence-corrected chi connectivity index (χ4v) is 1.84. The molecule has 0 aliphatic carbocycles. The lowest BCUT2D eigenvalue weighted by Gasteiger charge is -2.17. The van der Waals surface area contributed by atoms with E-state index in [9.17, 15) is 8.78 Å². The molecule has 114 valence electrons. The zero-order valence-corrected chi connectivity index (χ0v) is 11.9. The van der Waals surface area contributed by atoms with E-state index in [0.717, 1.165) is 5.56 Å². The van der Waals surface area contributed by atoms with Gasteiger partial charge in [-0.3, -0.25) is 0 Å². The number of aliphatic hydroxyl groups excluding tert-OH is 1.